The van der Waals surface area contributed by atoms with Crippen LogP contribution in [-0.4, -0.2) is 0 Å². The highest BCUT2D eigenvalue weighted by molar-refractivity contribution is 14.1. The third-order valence-electron chi connectivity index (χ3n) is 1.07. The fourth-order valence-corrected chi connectivity index (χ4v) is 1.66. The third kappa shape index (κ3) is 4.39. The smallest absolute Gasteiger partial charge is 0.0431 e. The van der Waals surface area contributed by atoms with Crippen molar-refractivity contribution in [3.63, 3.8) is 0 Å². The molecule has 0 fully saturated rings. The predicted octanol–water partition coefficient (Wildman–Crippen LogP) is 4.19. The number of hydrogen-bond acceptors (Lipinski definition) is 1. The van der Waals surface area contributed by atoms with Crippen molar-refractivity contribution in [3.05, 3.63) is 21.0 Å². The number of rotatable bonds is 2. The number of halogens is 1. The van der Waals surface area contributed by atoms with Crippen LogP contribution in [0.1, 0.15) is 20.8 Å². The number of allylic oxidation sites excluding steroid dienone is 1. The van der Waals surface area contributed by atoms with E-state index in [0.29, 0.717) is 0 Å². The molecule has 0 aliphatic carbocycles. The molecule has 0 aliphatic rings. The van der Waals surface area contributed by atoms with Crippen molar-refractivity contribution >= 4 is 34.4 Å². The molecule has 0 saturated heterocycles. The standard InChI is InChI=1S/C8H13IS/c1-6(8(3,4)5)10-7(2)9/h1-2H2,3-5H3. The summed E-state index contributed by atoms with van der Waals surface area (Å²) in [5.41, 5.74) is 0.193. The largest absolute Gasteiger partial charge is 0.0886 e. The van der Waals surface area contributed by atoms with Crippen LogP contribution in [0.25, 0.3) is 0 Å². The van der Waals surface area contributed by atoms with Gasteiger partial charge in [-0.05, 0) is 32.9 Å². The SMILES string of the molecule is C=C(I)SC(=C)C(C)(C)C. The summed E-state index contributed by atoms with van der Waals surface area (Å²) in [6.45, 7) is 14.2. The molecule has 0 rings (SSSR count). The number of hydrogen-bond donors (Lipinski definition) is 0. The van der Waals surface area contributed by atoms with Crippen LogP contribution in [0, 0.1) is 5.41 Å². The predicted molar refractivity (Wildman–Crippen MR) is 59.3 cm³/mol. The minimum Gasteiger partial charge on any atom is -0.0886 e. The van der Waals surface area contributed by atoms with Crippen molar-refractivity contribution in [2.24, 2.45) is 5.41 Å². The first-order valence-corrected chi connectivity index (χ1v) is 4.95. The van der Waals surface area contributed by atoms with Crippen LogP contribution in [0.15, 0.2) is 21.0 Å². The van der Waals surface area contributed by atoms with Gasteiger partial charge in [0, 0.05) is 2.91 Å². The van der Waals surface area contributed by atoms with Crippen molar-refractivity contribution in [2.45, 2.75) is 20.8 Å². The lowest BCUT2D eigenvalue weighted by atomic mass is 9.97. The van der Waals surface area contributed by atoms with E-state index in [0.717, 1.165) is 2.91 Å². The van der Waals surface area contributed by atoms with Crippen molar-refractivity contribution in [2.75, 3.05) is 0 Å². The Morgan fingerprint density at radius 3 is 1.80 bits per heavy atom. The lowest BCUT2D eigenvalue weighted by Crippen LogP contribution is -2.04. The van der Waals surface area contributed by atoms with E-state index < -0.39 is 0 Å². The van der Waals surface area contributed by atoms with E-state index >= 15 is 0 Å². The molecule has 0 aromatic carbocycles. The molecular formula is C8H13IS. The van der Waals surface area contributed by atoms with Crippen molar-refractivity contribution in [1.29, 1.82) is 0 Å². The van der Waals surface area contributed by atoms with E-state index in [1.54, 1.807) is 11.8 Å². The quantitative estimate of drug-likeness (QED) is 0.677. The zero-order chi connectivity index (χ0) is 8.36. The highest BCUT2D eigenvalue weighted by atomic mass is 127. The molecule has 0 aromatic heterocycles. The molecule has 0 radical (unpaired) electrons. The van der Waals surface area contributed by atoms with Crippen LogP contribution in [0.2, 0.25) is 0 Å². The second kappa shape index (κ2) is 3.81. The normalized spacial score (nSPS) is 11.2. The van der Waals surface area contributed by atoms with Crippen LogP contribution < -0.4 is 0 Å². The third-order valence-corrected chi connectivity index (χ3v) is 2.81. The van der Waals surface area contributed by atoms with Gasteiger partial charge in [0.25, 0.3) is 0 Å². The lowest BCUT2D eigenvalue weighted by Gasteiger charge is -2.20. The molecule has 2 heteroatoms. The van der Waals surface area contributed by atoms with Crippen LogP contribution in [0.3, 0.4) is 0 Å². The molecule has 0 nitrogen and oxygen atoms in total. The van der Waals surface area contributed by atoms with Crippen molar-refractivity contribution in [1.82, 2.24) is 0 Å². The summed E-state index contributed by atoms with van der Waals surface area (Å²) >= 11 is 3.86. The summed E-state index contributed by atoms with van der Waals surface area (Å²) in [7, 11) is 0. The van der Waals surface area contributed by atoms with Gasteiger partial charge in [0.1, 0.15) is 0 Å². The molecule has 0 heterocycles. The van der Waals surface area contributed by atoms with E-state index in [9.17, 15) is 0 Å². The molecular weight excluding hydrogens is 255 g/mol. The summed E-state index contributed by atoms with van der Waals surface area (Å²) in [6.07, 6.45) is 0. The Morgan fingerprint density at radius 2 is 1.70 bits per heavy atom. The highest BCUT2D eigenvalue weighted by Gasteiger charge is 2.15. The zero-order valence-corrected chi connectivity index (χ0v) is 9.67. The monoisotopic (exact) mass is 268 g/mol. The van der Waals surface area contributed by atoms with Gasteiger partial charge in [-0.3, -0.25) is 0 Å². The highest BCUT2D eigenvalue weighted by Crippen LogP contribution is 2.38. The minimum absolute atomic E-state index is 0.193. The van der Waals surface area contributed by atoms with E-state index in [1.807, 2.05) is 0 Å². The Morgan fingerprint density at radius 1 is 1.30 bits per heavy atom. The van der Waals surface area contributed by atoms with E-state index in [4.69, 9.17) is 0 Å². The number of thioether (sulfide) groups is 1. The van der Waals surface area contributed by atoms with E-state index in [2.05, 4.69) is 56.5 Å². The molecule has 0 unspecified atom stereocenters. The maximum absolute atomic E-state index is 3.96. The fourth-order valence-electron chi connectivity index (χ4n) is 0.287. The molecule has 0 saturated carbocycles. The van der Waals surface area contributed by atoms with Gasteiger partial charge in [0.2, 0.25) is 0 Å². The maximum Gasteiger partial charge on any atom is 0.0431 e. The average Bonchev–Trinajstić information content (AvgIpc) is 1.60. The summed E-state index contributed by atoms with van der Waals surface area (Å²) in [5, 5.41) is 0. The summed E-state index contributed by atoms with van der Waals surface area (Å²) in [6, 6.07) is 0. The van der Waals surface area contributed by atoms with Gasteiger partial charge in [-0.2, -0.15) is 0 Å². The van der Waals surface area contributed by atoms with Crippen molar-refractivity contribution in [3.8, 4) is 0 Å². The Kier molecular flexibility index (Phi) is 4.02. The zero-order valence-electron chi connectivity index (χ0n) is 6.70. The molecule has 10 heavy (non-hydrogen) atoms. The second-order valence-electron chi connectivity index (χ2n) is 3.13. The van der Waals surface area contributed by atoms with Gasteiger partial charge in [0.15, 0.2) is 0 Å². The maximum atomic E-state index is 3.96. The molecule has 58 valence electrons. The minimum atomic E-state index is 0.193. The van der Waals surface area contributed by atoms with Gasteiger partial charge in [0.05, 0.1) is 0 Å². The van der Waals surface area contributed by atoms with Crippen molar-refractivity contribution < 1.29 is 0 Å². The molecule has 0 N–H and O–H groups in total. The molecule has 0 atom stereocenters. The Labute approximate surface area is 81.3 Å². The molecule has 0 aliphatic heterocycles. The van der Waals surface area contributed by atoms with Gasteiger partial charge in [-0.1, -0.05) is 45.7 Å². The second-order valence-corrected chi connectivity index (χ2v) is 6.35. The van der Waals surface area contributed by atoms with Crippen LogP contribution in [0.5, 0.6) is 0 Å². The van der Waals surface area contributed by atoms with Gasteiger partial charge in [-0.15, -0.1) is 0 Å². The Hall–Kier alpha value is 0.560. The Bertz CT molecular complexity index is 153. The van der Waals surface area contributed by atoms with Crippen LogP contribution in [0.4, 0.5) is 0 Å². The van der Waals surface area contributed by atoms with Gasteiger partial charge in [-0.25, -0.2) is 0 Å². The summed E-state index contributed by atoms with van der Waals surface area (Å²) < 4.78 is 1.08. The van der Waals surface area contributed by atoms with Gasteiger partial charge >= 0.3 is 0 Å². The topological polar surface area (TPSA) is 0 Å². The van der Waals surface area contributed by atoms with E-state index in [1.165, 1.54) is 4.91 Å². The summed E-state index contributed by atoms with van der Waals surface area (Å²) in [5.74, 6) is 0. The molecule has 0 spiro atoms. The average molecular weight is 268 g/mol. The molecule has 0 aromatic rings. The van der Waals surface area contributed by atoms with Gasteiger partial charge < -0.3 is 0 Å². The summed E-state index contributed by atoms with van der Waals surface area (Å²) in [4.78, 5) is 1.17. The van der Waals surface area contributed by atoms with E-state index in [-0.39, 0.29) is 5.41 Å². The van der Waals surface area contributed by atoms with Crippen LogP contribution >= 0.6 is 34.4 Å². The molecule has 0 amide bonds. The Balaban J connectivity index is 3.99. The lowest BCUT2D eigenvalue weighted by molar-refractivity contribution is 0.535. The first-order chi connectivity index (χ1) is 4.34. The first-order valence-electron chi connectivity index (χ1n) is 3.05. The first kappa shape index (κ1) is 10.6. The molecule has 0 bridgehead atoms. The van der Waals surface area contributed by atoms with Crippen LogP contribution in [-0.2, 0) is 0 Å². The fraction of sp³-hybridized carbons (Fsp3) is 0.500.